The van der Waals surface area contributed by atoms with Crippen LogP contribution in [0.15, 0.2) is 42.5 Å². The summed E-state index contributed by atoms with van der Waals surface area (Å²) >= 11 is 12.1. The number of hydrogen-bond acceptors (Lipinski definition) is 3. The number of aliphatic hydroxyl groups excluding tert-OH is 1. The van der Waals surface area contributed by atoms with Crippen LogP contribution in [0, 0.1) is 0 Å². The van der Waals surface area contributed by atoms with Crippen LogP contribution in [0.1, 0.15) is 11.4 Å². The fourth-order valence-electron chi connectivity index (χ4n) is 3.14. The van der Waals surface area contributed by atoms with E-state index >= 15 is 0 Å². The monoisotopic (exact) mass is 390 g/mol. The summed E-state index contributed by atoms with van der Waals surface area (Å²) in [5, 5.41) is 14.4. The first-order valence-corrected chi connectivity index (χ1v) is 8.89. The van der Waals surface area contributed by atoms with Gasteiger partial charge in [0, 0.05) is 10.0 Å². The van der Waals surface area contributed by atoms with Gasteiger partial charge in [-0.3, -0.25) is 4.90 Å². The molecule has 0 saturated carbocycles. The second-order valence-corrected chi connectivity index (χ2v) is 7.08. The first kappa shape index (κ1) is 17.1. The van der Waals surface area contributed by atoms with E-state index in [2.05, 4.69) is 15.3 Å². The molecule has 2 atom stereocenters. The van der Waals surface area contributed by atoms with Gasteiger partial charge < -0.3 is 15.4 Å². The van der Waals surface area contributed by atoms with E-state index in [1.165, 1.54) is 4.90 Å². The van der Waals surface area contributed by atoms with Crippen molar-refractivity contribution in [3.63, 3.8) is 0 Å². The van der Waals surface area contributed by atoms with Crippen molar-refractivity contribution in [3.8, 4) is 0 Å². The average molecular weight is 391 g/mol. The number of aliphatic hydroxyl groups is 1. The Morgan fingerprint density at radius 1 is 1.19 bits per heavy atom. The Morgan fingerprint density at radius 3 is 2.77 bits per heavy atom. The average Bonchev–Trinajstić information content (AvgIpc) is 3.13. The minimum absolute atomic E-state index is 0.187. The Bertz CT molecular complexity index is 942. The van der Waals surface area contributed by atoms with E-state index in [-0.39, 0.29) is 12.6 Å². The lowest BCUT2D eigenvalue weighted by Crippen LogP contribution is -2.37. The quantitative estimate of drug-likeness (QED) is 0.638. The van der Waals surface area contributed by atoms with Crippen molar-refractivity contribution in [2.24, 2.45) is 0 Å². The van der Waals surface area contributed by atoms with Gasteiger partial charge in [-0.1, -0.05) is 41.4 Å². The molecule has 0 radical (unpaired) electrons. The molecule has 3 aromatic rings. The van der Waals surface area contributed by atoms with E-state index in [0.717, 1.165) is 16.6 Å². The number of benzene rings is 2. The van der Waals surface area contributed by atoms with Gasteiger partial charge >= 0.3 is 6.03 Å². The highest BCUT2D eigenvalue weighted by Crippen LogP contribution is 2.25. The number of nitrogens with one attached hydrogen (secondary N) is 2. The van der Waals surface area contributed by atoms with E-state index in [0.29, 0.717) is 22.3 Å². The summed E-state index contributed by atoms with van der Waals surface area (Å²) in [6.45, 7) is 0.187. The van der Waals surface area contributed by atoms with Crippen LogP contribution in [0.25, 0.3) is 11.0 Å². The third-order valence-electron chi connectivity index (χ3n) is 4.46. The fourth-order valence-corrected chi connectivity index (χ4v) is 3.63. The number of aromatic nitrogens is 2. The third-order valence-corrected chi connectivity index (χ3v) is 5.05. The number of aromatic amines is 1. The van der Waals surface area contributed by atoms with Crippen LogP contribution < -0.4 is 5.32 Å². The summed E-state index contributed by atoms with van der Waals surface area (Å²) in [5.74, 6) is 0.616. The summed E-state index contributed by atoms with van der Waals surface area (Å²) in [6.07, 6.45) is -0.582. The maximum absolute atomic E-state index is 12.3. The Balaban J connectivity index is 1.50. The number of halogens is 2. The van der Waals surface area contributed by atoms with E-state index in [1.54, 1.807) is 18.2 Å². The first-order chi connectivity index (χ1) is 12.5. The molecular formula is C18H16Cl2N4O2. The topological polar surface area (TPSA) is 81.2 Å². The van der Waals surface area contributed by atoms with Crippen LogP contribution in [-0.4, -0.2) is 38.3 Å². The second-order valence-electron chi connectivity index (χ2n) is 6.24. The number of imidazole rings is 1. The number of amides is 2. The molecule has 4 rings (SSSR count). The Kier molecular flexibility index (Phi) is 4.48. The lowest BCUT2D eigenvalue weighted by atomic mass is 10.1. The SMILES string of the molecule is O=C1N[C@@H](Cc2ccc(Cl)cc2Cl)C(O)N1Cc1nc2ccccc2[nH]1. The summed E-state index contributed by atoms with van der Waals surface area (Å²) in [5.41, 5.74) is 2.52. The van der Waals surface area contributed by atoms with E-state index < -0.39 is 12.3 Å². The number of urea groups is 1. The number of fused-ring (bicyclic) bond motifs is 1. The van der Waals surface area contributed by atoms with Crippen molar-refractivity contribution in [1.29, 1.82) is 0 Å². The molecule has 0 aliphatic carbocycles. The van der Waals surface area contributed by atoms with Crippen molar-refractivity contribution in [3.05, 3.63) is 63.9 Å². The maximum Gasteiger partial charge on any atom is 0.320 e. The number of carbonyl (C=O) groups is 1. The fraction of sp³-hybridized carbons (Fsp3) is 0.222. The number of carbonyl (C=O) groups excluding carboxylic acids is 1. The molecule has 1 aliphatic heterocycles. The molecule has 2 heterocycles. The Morgan fingerprint density at radius 2 is 2.00 bits per heavy atom. The zero-order chi connectivity index (χ0) is 18.3. The minimum atomic E-state index is -0.984. The van der Waals surface area contributed by atoms with Crippen molar-refractivity contribution >= 4 is 40.3 Å². The van der Waals surface area contributed by atoms with Gasteiger partial charge in [0.25, 0.3) is 0 Å². The standard InChI is InChI=1S/C18H16Cl2N4O2/c19-11-6-5-10(12(20)8-11)7-15-17(25)24(18(26)23-15)9-16-21-13-3-1-2-4-14(13)22-16/h1-6,8,15,17,25H,7,9H2,(H,21,22)(H,23,26)/t15-,17?/m0/s1. The lowest BCUT2D eigenvalue weighted by molar-refractivity contribution is 0.0358. The molecule has 134 valence electrons. The highest BCUT2D eigenvalue weighted by molar-refractivity contribution is 6.35. The normalized spacial score (nSPS) is 20.0. The molecular weight excluding hydrogens is 375 g/mol. The highest BCUT2D eigenvalue weighted by atomic mass is 35.5. The van der Waals surface area contributed by atoms with E-state index in [1.807, 2.05) is 24.3 Å². The molecule has 6 nitrogen and oxygen atoms in total. The molecule has 0 bridgehead atoms. The molecule has 2 amide bonds. The summed E-state index contributed by atoms with van der Waals surface area (Å²) in [6, 6.07) is 12.0. The molecule has 0 spiro atoms. The van der Waals surface area contributed by atoms with Crippen LogP contribution in [-0.2, 0) is 13.0 Å². The number of hydrogen-bond donors (Lipinski definition) is 3. The summed E-state index contributed by atoms with van der Waals surface area (Å²) in [4.78, 5) is 21.3. The van der Waals surface area contributed by atoms with Crippen LogP contribution in [0.5, 0.6) is 0 Å². The van der Waals surface area contributed by atoms with Gasteiger partial charge in [0.15, 0.2) is 6.23 Å². The summed E-state index contributed by atoms with van der Waals surface area (Å²) < 4.78 is 0. The van der Waals surface area contributed by atoms with Gasteiger partial charge in [-0.25, -0.2) is 9.78 Å². The molecule has 1 unspecified atom stereocenters. The number of H-pyrrole nitrogens is 1. The van der Waals surface area contributed by atoms with Crippen LogP contribution in [0.3, 0.4) is 0 Å². The Labute approximate surface area is 159 Å². The van der Waals surface area contributed by atoms with E-state index in [9.17, 15) is 9.90 Å². The van der Waals surface area contributed by atoms with Crippen LogP contribution in [0.4, 0.5) is 4.79 Å². The number of para-hydroxylation sites is 2. The largest absolute Gasteiger partial charge is 0.371 e. The van der Waals surface area contributed by atoms with Crippen LogP contribution in [0.2, 0.25) is 10.0 Å². The van der Waals surface area contributed by atoms with Gasteiger partial charge in [0.2, 0.25) is 0 Å². The van der Waals surface area contributed by atoms with Gasteiger partial charge in [-0.05, 0) is 36.2 Å². The number of nitrogens with zero attached hydrogens (tertiary/aromatic N) is 2. The maximum atomic E-state index is 12.3. The zero-order valence-electron chi connectivity index (χ0n) is 13.6. The van der Waals surface area contributed by atoms with E-state index in [4.69, 9.17) is 23.2 Å². The molecule has 1 saturated heterocycles. The van der Waals surface area contributed by atoms with Gasteiger partial charge in [0.1, 0.15) is 5.82 Å². The molecule has 8 heteroatoms. The predicted octanol–water partition coefficient (Wildman–Crippen LogP) is 3.32. The van der Waals surface area contributed by atoms with Crippen molar-refractivity contribution in [1.82, 2.24) is 20.2 Å². The van der Waals surface area contributed by atoms with Crippen molar-refractivity contribution < 1.29 is 9.90 Å². The van der Waals surface area contributed by atoms with Gasteiger partial charge in [0.05, 0.1) is 23.6 Å². The predicted molar refractivity (Wildman–Crippen MR) is 100 cm³/mol. The lowest BCUT2D eigenvalue weighted by Gasteiger charge is -2.21. The highest BCUT2D eigenvalue weighted by Gasteiger charge is 2.38. The van der Waals surface area contributed by atoms with Gasteiger partial charge in [-0.2, -0.15) is 0 Å². The zero-order valence-corrected chi connectivity index (χ0v) is 15.1. The molecule has 1 fully saturated rings. The van der Waals surface area contributed by atoms with Crippen molar-refractivity contribution in [2.45, 2.75) is 25.2 Å². The van der Waals surface area contributed by atoms with Gasteiger partial charge in [-0.15, -0.1) is 0 Å². The molecule has 1 aromatic heterocycles. The van der Waals surface area contributed by atoms with Crippen LogP contribution >= 0.6 is 23.2 Å². The summed E-state index contributed by atoms with van der Waals surface area (Å²) in [7, 11) is 0. The third kappa shape index (κ3) is 3.23. The second kappa shape index (κ2) is 6.79. The Hall–Kier alpha value is -2.28. The molecule has 3 N–H and O–H groups in total. The molecule has 2 aromatic carbocycles. The minimum Gasteiger partial charge on any atom is -0.371 e. The molecule has 1 aliphatic rings. The van der Waals surface area contributed by atoms with Crippen molar-refractivity contribution in [2.75, 3.05) is 0 Å². The first-order valence-electron chi connectivity index (χ1n) is 8.14. The molecule has 26 heavy (non-hydrogen) atoms. The smallest absolute Gasteiger partial charge is 0.320 e. The number of rotatable bonds is 4.